The minimum absolute atomic E-state index is 0.106. The van der Waals surface area contributed by atoms with Crippen molar-refractivity contribution in [1.29, 1.82) is 0 Å². The molecule has 2 unspecified atom stereocenters. The summed E-state index contributed by atoms with van der Waals surface area (Å²) in [4.78, 5) is 20.4. The second-order valence-electron chi connectivity index (χ2n) is 4.67. The van der Waals surface area contributed by atoms with Gasteiger partial charge in [-0.1, -0.05) is 37.0 Å². The predicted molar refractivity (Wildman–Crippen MR) is 80.3 cm³/mol. The van der Waals surface area contributed by atoms with Gasteiger partial charge in [-0.25, -0.2) is 9.97 Å². The molecule has 0 aliphatic rings. The number of hydrogen-bond acceptors (Lipinski definition) is 3. The molecule has 3 nitrogen and oxygen atoms in total. The minimum Gasteiger partial charge on any atom is -0.298 e. The largest absolute Gasteiger partial charge is 0.298 e. The quantitative estimate of drug-likeness (QED) is 0.793. The van der Waals surface area contributed by atoms with E-state index in [1.165, 1.54) is 0 Å². The number of aromatic nitrogens is 2. The van der Waals surface area contributed by atoms with Crippen LogP contribution < -0.4 is 0 Å². The highest BCUT2D eigenvalue weighted by atomic mass is 35.5. The number of carbonyl (C=O) groups is 1. The fourth-order valence-corrected chi connectivity index (χ4v) is 2.44. The Hall–Kier alpha value is -1.45. The average molecular weight is 309 g/mol. The average Bonchev–Trinajstić information content (AvgIpc) is 2.45. The van der Waals surface area contributed by atoms with Gasteiger partial charge in [0.1, 0.15) is 16.1 Å². The number of Topliss-reactive ketones (excluding diaryl/α,β-unsaturated/α-hetero) is 1. The molecule has 20 heavy (non-hydrogen) atoms. The van der Waals surface area contributed by atoms with Gasteiger partial charge in [-0.05, 0) is 35.4 Å². The summed E-state index contributed by atoms with van der Waals surface area (Å²) in [5, 5.41) is 0.781. The molecule has 2 heterocycles. The number of pyridine rings is 2. The highest BCUT2D eigenvalue weighted by molar-refractivity contribution is 6.29. The van der Waals surface area contributed by atoms with Gasteiger partial charge >= 0.3 is 0 Å². The van der Waals surface area contributed by atoms with Crippen molar-refractivity contribution in [2.75, 3.05) is 0 Å². The Kier molecular flexibility index (Phi) is 4.73. The maximum atomic E-state index is 12.5. The predicted octanol–water partition coefficient (Wildman–Crippen LogP) is 4.26. The van der Waals surface area contributed by atoms with Crippen LogP contribution in [-0.2, 0) is 4.79 Å². The molecule has 0 spiro atoms. The first-order valence-electron chi connectivity index (χ1n) is 6.25. The molecule has 0 aromatic carbocycles. The van der Waals surface area contributed by atoms with Crippen LogP contribution in [0.15, 0.2) is 36.7 Å². The van der Waals surface area contributed by atoms with Crippen LogP contribution in [0, 0.1) is 0 Å². The van der Waals surface area contributed by atoms with E-state index >= 15 is 0 Å². The third kappa shape index (κ3) is 3.35. The normalized spacial score (nSPS) is 13.8. The van der Waals surface area contributed by atoms with Crippen LogP contribution in [0.1, 0.15) is 36.8 Å². The lowest BCUT2D eigenvalue weighted by atomic mass is 9.86. The van der Waals surface area contributed by atoms with Gasteiger partial charge in [0, 0.05) is 24.2 Å². The maximum Gasteiger partial charge on any atom is 0.147 e. The molecule has 0 bridgehead atoms. The van der Waals surface area contributed by atoms with Gasteiger partial charge in [0.15, 0.2) is 0 Å². The van der Waals surface area contributed by atoms with E-state index in [1.54, 1.807) is 36.7 Å². The van der Waals surface area contributed by atoms with Crippen LogP contribution in [0.3, 0.4) is 0 Å². The molecule has 5 heteroatoms. The van der Waals surface area contributed by atoms with E-state index in [0.717, 1.165) is 11.1 Å². The fraction of sp³-hybridized carbons (Fsp3) is 0.267. The van der Waals surface area contributed by atoms with Crippen molar-refractivity contribution < 1.29 is 4.79 Å². The van der Waals surface area contributed by atoms with Crippen LogP contribution >= 0.6 is 23.2 Å². The summed E-state index contributed by atoms with van der Waals surface area (Å²) in [7, 11) is 0. The second-order valence-corrected chi connectivity index (χ2v) is 5.44. The summed E-state index contributed by atoms with van der Waals surface area (Å²) < 4.78 is 0. The van der Waals surface area contributed by atoms with E-state index in [0.29, 0.717) is 10.3 Å². The number of hydrogen-bond donors (Lipinski definition) is 0. The summed E-state index contributed by atoms with van der Waals surface area (Å²) in [6.45, 7) is 3.74. The molecule has 0 N–H and O–H groups in total. The van der Waals surface area contributed by atoms with Crippen molar-refractivity contribution in [3.05, 3.63) is 58.1 Å². The Labute approximate surface area is 128 Å². The summed E-state index contributed by atoms with van der Waals surface area (Å²) in [6.07, 6.45) is 3.21. The van der Waals surface area contributed by atoms with Crippen molar-refractivity contribution in [2.24, 2.45) is 0 Å². The van der Waals surface area contributed by atoms with E-state index in [4.69, 9.17) is 23.2 Å². The van der Waals surface area contributed by atoms with Crippen LogP contribution in [0.5, 0.6) is 0 Å². The van der Waals surface area contributed by atoms with Gasteiger partial charge < -0.3 is 0 Å². The zero-order valence-electron chi connectivity index (χ0n) is 11.2. The Bertz CT molecular complexity index is 577. The topological polar surface area (TPSA) is 42.9 Å². The van der Waals surface area contributed by atoms with Crippen LogP contribution in [0.2, 0.25) is 10.3 Å². The number of nitrogens with zero attached hydrogens (tertiary/aromatic N) is 2. The highest BCUT2D eigenvalue weighted by Crippen LogP contribution is 2.27. The molecular formula is C15H14Cl2N2O. The number of rotatable bonds is 4. The van der Waals surface area contributed by atoms with E-state index in [2.05, 4.69) is 9.97 Å². The van der Waals surface area contributed by atoms with Crippen molar-refractivity contribution in [3.8, 4) is 0 Å². The van der Waals surface area contributed by atoms with Gasteiger partial charge in [-0.15, -0.1) is 0 Å². The Morgan fingerprint density at radius 1 is 0.950 bits per heavy atom. The van der Waals surface area contributed by atoms with Crippen molar-refractivity contribution in [1.82, 2.24) is 9.97 Å². The lowest BCUT2D eigenvalue weighted by Crippen LogP contribution is -2.16. The Morgan fingerprint density at radius 3 is 1.70 bits per heavy atom. The highest BCUT2D eigenvalue weighted by Gasteiger charge is 2.23. The number of halogens is 2. The molecule has 0 fully saturated rings. The molecular weight excluding hydrogens is 295 g/mol. The first-order valence-corrected chi connectivity index (χ1v) is 7.01. The summed E-state index contributed by atoms with van der Waals surface area (Å²) in [5.74, 6) is -0.399. The van der Waals surface area contributed by atoms with Crippen molar-refractivity contribution in [3.63, 3.8) is 0 Å². The summed E-state index contributed by atoms with van der Waals surface area (Å²) in [5.41, 5.74) is 1.73. The molecule has 0 radical (unpaired) electrons. The van der Waals surface area contributed by atoms with E-state index in [1.807, 2.05) is 13.8 Å². The van der Waals surface area contributed by atoms with Crippen LogP contribution in [0.4, 0.5) is 0 Å². The zero-order valence-corrected chi connectivity index (χ0v) is 12.7. The molecule has 2 aromatic heterocycles. The number of ketones is 1. The molecule has 0 saturated heterocycles. The third-order valence-electron chi connectivity index (χ3n) is 3.35. The van der Waals surface area contributed by atoms with Gasteiger partial charge in [-0.2, -0.15) is 0 Å². The standard InChI is InChI=1S/C15H14Cl2N2O/c1-9(11-3-5-18-13(16)7-11)15(20)10(2)12-4-6-19-14(17)8-12/h3-10H,1-2H3. The molecule has 0 aliphatic heterocycles. The third-order valence-corrected chi connectivity index (χ3v) is 3.77. The summed E-state index contributed by atoms with van der Waals surface area (Å²) >= 11 is 11.7. The molecule has 2 aromatic rings. The minimum atomic E-state index is -0.252. The van der Waals surface area contributed by atoms with E-state index in [9.17, 15) is 4.79 Å². The fourth-order valence-electron chi connectivity index (χ4n) is 2.08. The second kappa shape index (κ2) is 6.33. The van der Waals surface area contributed by atoms with E-state index in [-0.39, 0.29) is 17.6 Å². The SMILES string of the molecule is CC(C(=O)C(C)c1ccnc(Cl)c1)c1ccnc(Cl)c1. The maximum absolute atomic E-state index is 12.5. The zero-order chi connectivity index (χ0) is 14.7. The lowest BCUT2D eigenvalue weighted by molar-refractivity contribution is -0.121. The Morgan fingerprint density at radius 2 is 1.35 bits per heavy atom. The Balaban J connectivity index is 2.22. The van der Waals surface area contributed by atoms with Gasteiger partial charge in [0.25, 0.3) is 0 Å². The molecule has 104 valence electrons. The van der Waals surface area contributed by atoms with Gasteiger partial charge in [0.2, 0.25) is 0 Å². The van der Waals surface area contributed by atoms with Gasteiger partial charge in [-0.3, -0.25) is 4.79 Å². The van der Waals surface area contributed by atoms with E-state index < -0.39 is 0 Å². The summed E-state index contributed by atoms with van der Waals surface area (Å²) in [6, 6.07) is 7.05. The molecule has 0 amide bonds. The smallest absolute Gasteiger partial charge is 0.147 e. The molecule has 2 rings (SSSR count). The molecule has 0 saturated carbocycles. The van der Waals surface area contributed by atoms with Crippen LogP contribution in [-0.4, -0.2) is 15.8 Å². The van der Waals surface area contributed by atoms with Crippen molar-refractivity contribution >= 4 is 29.0 Å². The lowest BCUT2D eigenvalue weighted by Gasteiger charge is -2.17. The molecule has 2 atom stereocenters. The first-order chi connectivity index (χ1) is 9.49. The van der Waals surface area contributed by atoms with Crippen LogP contribution in [0.25, 0.3) is 0 Å². The van der Waals surface area contributed by atoms with Crippen molar-refractivity contribution in [2.45, 2.75) is 25.7 Å². The number of carbonyl (C=O) groups excluding carboxylic acids is 1. The monoisotopic (exact) mass is 308 g/mol. The molecule has 0 aliphatic carbocycles. The van der Waals surface area contributed by atoms with Gasteiger partial charge in [0.05, 0.1) is 0 Å². The first kappa shape index (κ1) is 14.9.